The Morgan fingerprint density at radius 3 is 2.59 bits per heavy atom. The summed E-state index contributed by atoms with van der Waals surface area (Å²) >= 11 is 0. The number of hydrogen-bond acceptors (Lipinski definition) is 6. The van der Waals surface area contributed by atoms with Crippen molar-refractivity contribution in [3.05, 3.63) is 46.5 Å². The topological polar surface area (TPSA) is 85.2 Å². The number of aliphatic hydroxyl groups is 2. The number of aryl methyl sites for hydroxylation is 3. The highest BCUT2D eigenvalue weighted by atomic mass is 28.3. The van der Waals surface area contributed by atoms with Gasteiger partial charge in [-0.1, -0.05) is 49.5 Å². The molecule has 0 aliphatic carbocycles. The highest BCUT2D eigenvalue weighted by Gasteiger charge is 2.43. The van der Waals surface area contributed by atoms with Gasteiger partial charge in [0.1, 0.15) is 12.2 Å². The average molecular weight is 493 g/mol. The number of aliphatic hydroxyl groups excluding tert-OH is 2. The molecular weight excluding hydrogens is 448 g/mol. The van der Waals surface area contributed by atoms with Crippen LogP contribution in [-0.2, 0) is 20.6 Å². The summed E-state index contributed by atoms with van der Waals surface area (Å²) in [5.74, 6) is -1.01. The van der Waals surface area contributed by atoms with Crippen LogP contribution in [0.25, 0.3) is 0 Å². The first-order valence-electron chi connectivity index (χ1n) is 12.4. The highest BCUT2D eigenvalue weighted by molar-refractivity contribution is 6.76. The predicted molar refractivity (Wildman–Crippen MR) is 138 cm³/mol. The van der Waals surface area contributed by atoms with Crippen LogP contribution >= 0.6 is 0 Å². The van der Waals surface area contributed by atoms with Gasteiger partial charge in [0.15, 0.2) is 5.79 Å². The van der Waals surface area contributed by atoms with E-state index < -0.39 is 26.1 Å². The first kappa shape index (κ1) is 28.7. The SMILES string of the molecule is Cc1cc(C)c(C(=O)OCC[Si](C)(C)C)c(CCC[C@@H]2OC(C)(C)OC2C(O)/C=C\CCO)c1. The maximum absolute atomic E-state index is 12.9. The molecule has 1 aromatic rings. The zero-order valence-corrected chi connectivity index (χ0v) is 23.0. The molecule has 3 atom stereocenters. The molecule has 7 heteroatoms. The summed E-state index contributed by atoms with van der Waals surface area (Å²) in [4.78, 5) is 12.9. The zero-order chi connectivity index (χ0) is 25.5. The Balaban J connectivity index is 2.07. The van der Waals surface area contributed by atoms with E-state index in [-0.39, 0.29) is 18.7 Å². The fourth-order valence-corrected chi connectivity index (χ4v) is 5.07. The van der Waals surface area contributed by atoms with Crippen molar-refractivity contribution in [2.24, 2.45) is 0 Å². The Hall–Kier alpha value is -1.51. The minimum absolute atomic E-state index is 0.0407. The van der Waals surface area contributed by atoms with Crippen LogP contribution in [0.15, 0.2) is 24.3 Å². The molecule has 1 heterocycles. The Kier molecular flexibility index (Phi) is 10.5. The first-order chi connectivity index (χ1) is 15.8. The lowest BCUT2D eigenvalue weighted by atomic mass is 9.93. The molecule has 0 radical (unpaired) electrons. The fraction of sp³-hybridized carbons (Fsp3) is 0.667. The number of carbonyl (C=O) groups is 1. The van der Waals surface area contributed by atoms with Crippen LogP contribution in [0.3, 0.4) is 0 Å². The molecule has 2 unspecified atom stereocenters. The summed E-state index contributed by atoms with van der Waals surface area (Å²) in [6.07, 6.45) is 4.55. The van der Waals surface area contributed by atoms with Crippen molar-refractivity contribution in [1.82, 2.24) is 0 Å². The van der Waals surface area contributed by atoms with Gasteiger partial charge in [-0.05, 0) is 70.5 Å². The molecule has 1 fully saturated rings. The fourth-order valence-electron chi connectivity index (χ4n) is 4.36. The maximum atomic E-state index is 12.9. The molecule has 34 heavy (non-hydrogen) atoms. The molecule has 1 saturated heterocycles. The Morgan fingerprint density at radius 1 is 1.24 bits per heavy atom. The number of hydrogen-bond donors (Lipinski definition) is 2. The number of ether oxygens (including phenoxy) is 3. The summed E-state index contributed by atoms with van der Waals surface area (Å²) in [5.41, 5.74) is 3.73. The second-order valence-corrected chi connectivity index (χ2v) is 16.6. The summed E-state index contributed by atoms with van der Waals surface area (Å²) in [7, 11) is -1.28. The highest BCUT2D eigenvalue weighted by Crippen LogP contribution is 2.33. The molecule has 0 spiro atoms. The molecule has 0 saturated carbocycles. The largest absolute Gasteiger partial charge is 0.462 e. The van der Waals surface area contributed by atoms with Gasteiger partial charge in [-0.3, -0.25) is 0 Å². The van der Waals surface area contributed by atoms with Crippen molar-refractivity contribution in [3.8, 4) is 0 Å². The van der Waals surface area contributed by atoms with E-state index in [0.717, 1.165) is 29.2 Å². The average Bonchev–Trinajstić information content (AvgIpc) is 3.01. The predicted octanol–water partition coefficient (Wildman–Crippen LogP) is 4.94. The summed E-state index contributed by atoms with van der Waals surface area (Å²) < 4.78 is 17.7. The molecule has 0 amide bonds. The Morgan fingerprint density at radius 2 is 1.94 bits per heavy atom. The maximum Gasteiger partial charge on any atom is 0.338 e. The van der Waals surface area contributed by atoms with Crippen molar-refractivity contribution in [2.45, 2.75) is 103 Å². The van der Waals surface area contributed by atoms with Crippen molar-refractivity contribution in [3.63, 3.8) is 0 Å². The van der Waals surface area contributed by atoms with Gasteiger partial charge in [0.2, 0.25) is 0 Å². The van der Waals surface area contributed by atoms with Gasteiger partial charge < -0.3 is 24.4 Å². The summed E-state index contributed by atoms with van der Waals surface area (Å²) in [5, 5.41) is 19.6. The quantitative estimate of drug-likeness (QED) is 0.244. The van der Waals surface area contributed by atoms with Crippen molar-refractivity contribution >= 4 is 14.0 Å². The van der Waals surface area contributed by atoms with Crippen LogP contribution in [0.5, 0.6) is 0 Å². The van der Waals surface area contributed by atoms with Crippen LogP contribution in [-0.4, -0.2) is 61.6 Å². The third-order valence-corrected chi connectivity index (χ3v) is 7.68. The molecule has 6 nitrogen and oxygen atoms in total. The third-order valence-electron chi connectivity index (χ3n) is 5.97. The molecule has 2 N–H and O–H groups in total. The summed E-state index contributed by atoms with van der Waals surface area (Å²) in [6, 6.07) is 5.05. The number of benzene rings is 1. The Labute approximate surface area is 206 Å². The van der Waals surface area contributed by atoms with Gasteiger partial charge in [-0.25, -0.2) is 4.79 Å². The van der Waals surface area contributed by atoms with E-state index in [1.54, 1.807) is 12.2 Å². The lowest BCUT2D eigenvalue weighted by Gasteiger charge is -2.20. The van der Waals surface area contributed by atoms with E-state index in [0.29, 0.717) is 31.4 Å². The smallest absolute Gasteiger partial charge is 0.338 e. The molecule has 1 aliphatic heterocycles. The van der Waals surface area contributed by atoms with Crippen LogP contribution in [0.2, 0.25) is 25.7 Å². The minimum Gasteiger partial charge on any atom is -0.462 e. The van der Waals surface area contributed by atoms with Gasteiger partial charge in [0.25, 0.3) is 0 Å². The van der Waals surface area contributed by atoms with Crippen LogP contribution in [0.1, 0.15) is 60.2 Å². The first-order valence-corrected chi connectivity index (χ1v) is 16.1. The van der Waals surface area contributed by atoms with E-state index >= 15 is 0 Å². The van der Waals surface area contributed by atoms with Gasteiger partial charge in [-0.15, -0.1) is 0 Å². The van der Waals surface area contributed by atoms with Gasteiger partial charge >= 0.3 is 5.97 Å². The number of esters is 1. The van der Waals surface area contributed by atoms with Gasteiger partial charge in [0, 0.05) is 14.7 Å². The van der Waals surface area contributed by atoms with E-state index in [2.05, 4.69) is 25.7 Å². The standard InChI is InChI=1S/C27H44O6Si/c1-19-17-20(2)24(26(30)31-15-16-34(5,6)7)21(18-19)11-10-13-23-25(33-27(3,4)32-23)22(29)12-8-9-14-28/h8,12,17-18,22-23,25,28-29H,9-11,13-16H2,1-7H3/b12-8-/t22?,23-,25?/m0/s1. The second kappa shape index (κ2) is 12.4. The Bertz CT molecular complexity index is 842. The third kappa shape index (κ3) is 8.93. The van der Waals surface area contributed by atoms with Crippen LogP contribution in [0, 0.1) is 13.8 Å². The zero-order valence-electron chi connectivity index (χ0n) is 22.0. The van der Waals surface area contributed by atoms with Crippen LogP contribution < -0.4 is 0 Å². The second-order valence-electron chi connectivity index (χ2n) is 11.0. The molecule has 1 aliphatic rings. The molecule has 2 rings (SSSR count). The van der Waals surface area contributed by atoms with E-state index in [4.69, 9.17) is 19.3 Å². The molecule has 0 aromatic heterocycles. The normalized spacial score (nSPS) is 21.2. The minimum atomic E-state index is -1.28. The van der Waals surface area contributed by atoms with E-state index in [1.807, 2.05) is 33.8 Å². The summed E-state index contributed by atoms with van der Waals surface area (Å²) in [6.45, 7) is 15.0. The van der Waals surface area contributed by atoms with Crippen LogP contribution in [0.4, 0.5) is 0 Å². The molecular formula is C27H44O6Si. The van der Waals surface area contributed by atoms with Crippen molar-refractivity contribution in [1.29, 1.82) is 0 Å². The molecule has 1 aromatic carbocycles. The lowest BCUT2D eigenvalue weighted by molar-refractivity contribution is -0.152. The lowest BCUT2D eigenvalue weighted by Crippen LogP contribution is -2.34. The number of rotatable bonds is 12. The van der Waals surface area contributed by atoms with Gasteiger partial charge in [0.05, 0.1) is 18.3 Å². The van der Waals surface area contributed by atoms with E-state index in [9.17, 15) is 9.90 Å². The van der Waals surface area contributed by atoms with Crippen molar-refractivity contribution in [2.75, 3.05) is 13.2 Å². The molecule has 0 bridgehead atoms. The molecule has 192 valence electrons. The monoisotopic (exact) mass is 492 g/mol. The number of carbonyl (C=O) groups excluding carboxylic acids is 1. The van der Waals surface area contributed by atoms with E-state index in [1.165, 1.54) is 0 Å². The van der Waals surface area contributed by atoms with Crippen molar-refractivity contribution < 1.29 is 29.2 Å². The van der Waals surface area contributed by atoms with Gasteiger partial charge in [-0.2, -0.15) is 0 Å².